The van der Waals surface area contributed by atoms with Gasteiger partial charge in [-0.25, -0.2) is 9.97 Å². The zero-order chi connectivity index (χ0) is 18.6. The highest BCUT2D eigenvalue weighted by molar-refractivity contribution is 5.62. The van der Waals surface area contributed by atoms with Crippen molar-refractivity contribution in [2.24, 2.45) is 0 Å². The molecule has 6 heteroatoms. The summed E-state index contributed by atoms with van der Waals surface area (Å²) in [6, 6.07) is 12.5. The topological polar surface area (TPSA) is 38.7 Å². The Morgan fingerprint density at radius 3 is 1.89 bits per heavy atom. The standard InChI is InChI=1S/C21H30N6/c1-3-25-11-15-27(16-12-25)20-17-19(26-13-9-24(2)10-14-26)22-21(23-20)18-7-5-4-6-8-18/h4-8,17H,3,9-16H2,1-2H3. The first-order valence-corrected chi connectivity index (χ1v) is 10.1. The quantitative estimate of drug-likeness (QED) is 0.825. The molecule has 0 bridgehead atoms. The molecule has 0 unspecified atom stereocenters. The predicted octanol–water partition coefficient (Wildman–Crippen LogP) is 2.04. The Bertz CT molecular complexity index is 734. The number of benzene rings is 1. The Hall–Kier alpha value is -2.18. The van der Waals surface area contributed by atoms with Crippen LogP contribution in [0.5, 0.6) is 0 Å². The van der Waals surface area contributed by atoms with Crippen molar-refractivity contribution >= 4 is 11.6 Å². The fourth-order valence-corrected chi connectivity index (χ4v) is 3.79. The normalized spacial score (nSPS) is 19.5. The van der Waals surface area contributed by atoms with Gasteiger partial charge in [0.05, 0.1) is 0 Å². The van der Waals surface area contributed by atoms with Gasteiger partial charge < -0.3 is 19.6 Å². The Morgan fingerprint density at radius 1 is 0.778 bits per heavy atom. The zero-order valence-corrected chi connectivity index (χ0v) is 16.5. The molecular weight excluding hydrogens is 336 g/mol. The molecule has 0 radical (unpaired) electrons. The number of aromatic nitrogens is 2. The summed E-state index contributed by atoms with van der Waals surface area (Å²) >= 11 is 0. The molecule has 0 spiro atoms. The minimum atomic E-state index is 0.833. The molecule has 2 aliphatic heterocycles. The third-order valence-electron chi connectivity index (χ3n) is 5.70. The van der Waals surface area contributed by atoms with Gasteiger partial charge in [0, 0.05) is 64.0 Å². The summed E-state index contributed by atoms with van der Waals surface area (Å²) < 4.78 is 0. The number of hydrogen-bond donors (Lipinski definition) is 0. The van der Waals surface area contributed by atoms with Gasteiger partial charge in [-0.2, -0.15) is 0 Å². The second kappa shape index (κ2) is 8.23. The molecule has 6 nitrogen and oxygen atoms in total. The second-order valence-electron chi connectivity index (χ2n) is 7.49. The van der Waals surface area contributed by atoms with Gasteiger partial charge in [-0.05, 0) is 13.6 Å². The molecule has 2 saturated heterocycles. The Balaban J connectivity index is 1.64. The summed E-state index contributed by atoms with van der Waals surface area (Å²) in [7, 11) is 2.19. The van der Waals surface area contributed by atoms with Crippen molar-refractivity contribution in [2.75, 3.05) is 75.8 Å². The van der Waals surface area contributed by atoms with Gasteiger partial charge in [0.1, 0.15) is 11.6 Å². The molecule has 2 aromatic rings. The van der Waals surface area contributed by atoms with E-state index in [0.29, 0.717) is 0 Å². The average molecular weight is 367 g/mol. The summed E-state index contributed by atoms with van der Waals surface area (Å²) in [6.45, 7) is 11.8. The molecule has 0 atom stereocenters. The van der Waals surface area contributed by atoms with Crippen LogP contribution in [-0.2, 0) is 0 Å². The zero-order valence-electron chi connectivity index (χ0n) is 16.5. The lowest BCUT2D eigenvalue weighted by molar-refractivity contribution is 0.270. The smallest absolute Gasteiger partial charge is 0.163 e. The first-order chi connectivity index (χ1) is 13.2. The molecule has 4 rings (SSSR count). The van der Waals surface area contributed by atoms with Crippen LogP contribution in [0.2, 0.25) is 0 Å². The highest BCUT2D eigenvalue weighted by atomic mass is 15.3. The van der Waals surface area contributed by atoms with Crippen molar-refractivity contribution < 1.29 is 0 Å². The summed E-state index contributed by atoms with van der Waals surface area (Å²) in [4.78, 5) is 19.6. The van der Waals surface area contributed by atoms with Crippen molar-refractivity contribution in [1.82, 2.24) is 19.8 Å². The van der Waals surface area contributed by atoms with E-state index in [9.17, 15) is 0 Å². The van der Waals surface area contributed by atoms with E-state index < -0.39 is 0 Å². The molecule has 0 aliphatic carbocycles. The number of likely N-dealkylation sites (N-methyl/N-ethyl adjacent to an activating group) is 2. The fourth-order valence-electron chi connectivity index (χ4n) is 3.79. The van der Waals surface area contributed by atoms with Crippen molar-refractivity contribution in [3.05, 3.63) is 36.4 Å². The van der Waals surface area contributed by atoms with Crippen LogP contribution in [0.3, 0.4) is 0 Å². The van der Waals surface area contributed by atoms with E-state index in [-0.39, 0.29) is 0 Å². The van der Waals surface area contributed by atoms with Crippen LogP contribution < -0.4 is 9.80 Å². The SMILES string of the molecule is CCN1CCN(c2cc(N3CCN(C)CC3)nc(-c3ccccc3)n2)CC1. The monoisotopic (exact) mass is 366 g/mol. The van der Waals surface area contributed by atoms with Crippen LogP contribution in [0.4, 0.5) is 11.6 Å². The Kier molecular flexibility index (Phi) is 5.55. The summed E-state index contributed by atoms with van der Waals surface area (Å²) in [5, 5.41) is 0. The van der Waals surface area contributed by atoms with Crippen molar-refractivity contribution in [3.63, 3.8) is 0 Å². The van der Waals surface area contributed by atoms with Crippen molar-refractivity contribution in [1.29, 1.82) is 0 Å². The highest BCUT2D eigenvalue weighted by Gasteiger charge is 2.21. The van der Waals surface area contributed by atoms with E-state index in [1.54, 1.807) is 0 Å². The minimum absolute atomic E-state index is 0.833. The maximum atomic E-state index is 4.95. The van der Waals surface area contributed by atoms with Crippen LogP contribution in [0, 0.1) is 0 Å². The lowest BCUT2D eigenvalue weighted by Crippen LogP contribution is -2.47. The van der Waals surface area contributed by atoms with E-state index in [1.165, 1.54) is 0 Å². The molecule has 27 heavy (non-hydrogen) atoms. The van der Waals surface area contributed by atoms with E-state index in [4.69, 9.17) is 9.97 Å². The maximum absolute atomic E-state index is 4.95. The highest BCUT2D eigenvalue weighted by Crippen LogP contribution is 2.26. The molecule has 3 heterocycles. The van der Waals surface area contributed by atoms with Crippen LogP contribution in [0.25, 0.3) is 11.4 Å². The van der Waals surface area contributed by atoms with E-state index in [1.807, 2.05) is 6.07 Å². The molecular formula is C21H30N6. The first kappa shape index (κ1) is 18.2. The Labute approximate surface area is 162 Å². The molecule has 0 N–H and O–H groups in total. The van der Waals surface area contributed by atoms with Gasteiger partial charge >= 0.3 is 0 Å². The second-order valence-corrected chi connectivity index (χ2v) is 7.49. The number of anilines is 2. The van der Waals surface area contributed by atoms with Crippen LogP contribution in [0.1, 0.15) is 6.92 Å². The number of hydrogen-bond acceptors (Lipinski definition) is 6. The fraction of sp³-hybridized carbons (Fsp3) is 0.524. The van der Waals surface area contributed by atoms with Crippen molar-refractivity contribution in [2.45, 2.75) is 6.92 Å². The maximum Gasteiger partial charge on any atom is 0.163 e. The lowest BCUT2D eigenvalue weighted by Gasteiger charge is -2.36. The van der Waals surface area contributed by atoms with E-state index in [0.717, 1.165) is 81.9 Å². The number of piperazine rings is 2. The summed E-state index contributed by atoms with van der Waals surface area (Å²) in [5.41, 5.74) is 1.09. The van der Waals surface area contributed by atoms with Gasteiger partial charge in [-0.15, -0.1) is 0 Å². The van der Waals surface area contributed by atoms with E-state index >= 15 is 0 Å². The van der Waals surface area contributed by atoms with Crippen LogP contribution in [-0.4, -0.2) is 85.7 Å². The van der Waals surface area contributed by atoms with Gasteiger partial charge in [-0.3, -0.25) is 0 Å². The van der Waals surface area contributed by atoms with Crippen LogP contribution >= 0.6 is 0 Å². The minimum Gasteiger partial charge on any atom is -0.354 e. The number of nitrogens with zero attached hydrogens (tertiary/aromatic N) is 6. The largest absolute Gasteiger partial charge is 0.354 e. The third-order valence-corrected chi connectivity index (χ3v) is 5.70. The molecule has 144 valence electrons. The summed E-state index contributed by atoms with van der Waals surface area (Å²) in [5.74, 6) is 2.96. The molecule has 1 aromatic carbocycles. The Morgan fingerprint density at radius 2 is 1.33 bits per heavy atom. The predicted molar refractivity (Wildman–Crippen MR) is 112 cm³/mol. The van der Waals surface area contributed by atoms with E-state index in [2.05, 4.69) is 63.9 Å². The van der Waals surface area contributed by atoms with Gasteiger partial charge in [0.25, 0.3) is 0 Å². The molecule has 0 amide bonds. The first-order valence-electron chi connectivity index (χ1n) is 10.1. The van der Waals surface area contributed by atoms with Crippen LogP contribution in [0.15, 0.2) is 36.4 Å². The van der Waals surface area contributed by atoms with Gasteiger partial charge in [-0.1, -0.05) is 37.3 Å². The summed E-state index contributed by atoms with van der Waals surface area (Å²) in [6.07, 6.45) is 0. The lowest BCUT2D eigenvalue weighted by atomic mass is 10.2. The molecule has 2 fully saturated rings. The third kappa shape index (κ3) is 4.22. The number of rotatable bonds is 4. The van der Waals surface area contributed by atoms with Gasteiger partial charge in [0.2, 0.25) is 0 Å². The average Bonchev–Trinajstić information content (AvgIpc) is 2.74. The van der Waals surface area contributed by atoms with Gasteiger partial charge in [0.15, 0.2) is 5.82 Å². The molecule has 2 aliphatic rings. The molecule has 0 saturated carbocycles. The molecule has 1 aromatic heterocycles. The van der Waals surface area contributed by atoms with Crippen molar-refractivity contribution in [3.8, 4) is 11.4 Å².